The number of amides is 6. The van der Waals surface area contributed by atoms with E-state index in [0.717, 1.165) is 24.3 Å². The van der Waals surface area contributed by atoms with E-state index in [2.05, 4.69) is 31.9 Å². The summed E-state index contributed by atoms with van der Waals surface area (Å²) >= 11 is 0. The summed E-state index contributed by atoms with van der Waals surface area (Å²) in [6, 6.07) is 24.0. The lowest BCUT2D eigenvalue weighted by atomic mass is 10.1. The first-order chi connectivity index (χ1) is 32.6. The summed E-state index contributed by atoms with van der Waals surface area (Å²) < 4.78 is 47.6. The van der Waals surface area contributed by atoms with Gasteiger partial charge in [0.05, 0.1) is 32.6 Å². The van der Waals surface area contributed by atoms with Crippen molar-refractivity contribution in [2.24, 2.45) is 0 Å². The second-order valence-electron chi connectivity index (χ2n) is 15.2. The van der Waals surface area contributed by atoms with E-state index in [0.29, 0.717) is 23.3 Å². The van der Waals surface area contributed by atoms with Crippen molar-refractivity contribution >= 4 is 115 Å². The molecule has 6 amide bonds. The standard InChI is InChI=1S/C43H40N6O17P4/c1-23-9-11-27(41(52)46-33-15-13-31(67(55,56)57)21-37(33)69(61,62)63)19-35(23)48-39(50)25-5-3-7-29(17-25)44-43(54)45-30-8-4-6-26(18-30)40(51)49-36-20-28(12-10-24(36)2)42(53)47-34-16-14-32(68(58,59)60)22-38(34)70(64,65)66/h3-22H,1-2H3,(H,46,52)(H,47,53)(H,48,50)(H,49,51)(H2,44,45,54)(H2,55,56,57)(H2,58,59,60)(H2,61,62,63)(H2,64,65,66). The molecule has 6 aromatic rings. The SMILES string of the molecule is Cc1ccc(C(=O)Nc2ccc(P(=O)(O)O)cc2P(=O)(O)O)cc1NC(=O)c1cccc(NC(=O)Nc2cccc(C(=O)Nc3cc(C(=O)Nc4ccc(P(=O)(O)O)cc4P(=O)(O)O)ccc3C)c2)c1. The van der Waals surface area contributed by atoms with Gasteiger partial charge in [-0.2, -0.15) is 0 Å². The minimum absolute atomic E-state index is 0.0625. The third kappa shape index (κ3) is 13.2. The number of aryl methyl sites for hydroxylation is 2. The molecule has 0 aliphatic heterocycles. The predicted octanol–water partition coefficient (Wildman–Crippen LogP) is 4.17. The molecule has 14 N–H and O–H groups in total. The number of rotatable bonds is 14. The maximum Gasteiger partial charge on any atom is 0.358 e. The van der Waals surface area contributed by atoms with Crippen LogP contribution in [0.25, 0.3) is 0 Å². The number of carbonyl (C=O) groups is 5. The Balaban J connectivity index is 1.09. The Hall–Kier alpha value is -6.93. The third-order valence-corrected chi connectivity index (χ3v) is 13.9. The summed E-state index contributed by atoms with van der Waals surface area (Å²) in [5, 5.41) is 12.2. The Morgan fingerprint density at radius 3 is 1.01 bits per heavy atom. The van der Waals surface area contributed by atoms with Gasteiger partial charge >= 0.3 is 36.4 Å². The average molecular weight is 1040 g/mol. The van der Waals surface area contributed by atoms with Crippen LogP contribution in [0.5, 0.6) is 0 Å². The van der Waals surface area contributed by atoms with Crippen molar-refractivity contribution in [2.45, 2.75) is 13.8 Å². The van der Waals surface area contributed by atoms with Crippen molar-refractivity contribution in [3.8, 4) is 0 Å². The fraction of sp³-hybridized carbons (Fsp3) is 0.0465. The Morgan fingerprint density at radius 1 is 0.357 bits per heavy atom. The van der Waals surface area contributed by atoms with Gasteiger partial charge in [0, 0.05) is 45.0 Å². The van der Waals surface area contributed by atoms with Gasteiger partial charge in [0.25, 0.3) is 23.6 Å². The van der Waals surface area contributed by atoms with Crippen molar-refractivity contribution in [3.05, 3.63) is 155 Å². The summed E-state index contributed by atoms with van der Waals surface area (Å²) in [4.78, 5) is 143. The molecule has 6 rings (SSSR count). The Morgan fingerprint density at radius 2 is 0.686 bits per heavy atom. The first kappa shape index (κ1) is 52.4. The third-order valence-electron chi connectivity index (χ3n) is 10.0. The van der Waals surface area contributed by atoms with E-state index < -0.39 is 92.6 Å². The summed E-state index contributed by atoms with van der Waals surface area (Å²) in [5.74, 6) is -3.07. The van der Waals surface area contributed by atoms with Gasteiger partial charge in [-0.15, -0.1) is 0 Å². The molecule has 0 unspecified atom stereocenters. The van der Waals surface area contributed by atoms with Gasteiger partial charge in [0.15, 0.2) is 0 Å². The second-order valence-corrected chi connectivity index (χ2v) is 21.5. The maximum absolute atomic E-state index is 13.4. The van der Waals surface area contributed by atoms with Crippen LogP contribution in [0.15, 0.2) is 121 Å². The van der Waals surface area contributed by atoms with E-state index in [-0.39, 0.29) is 45.0 Å². The number of nitrogens with one attached hydrogen (secondary N) is 6. The van der Waals surface area contributed by atoms with Crippen LogP contribution in [0.2, 0.25) is 0 Å². The summed E-state index contributed by atoms with van der Waals surface area (Å²) in [5.41, 5.74) is 0.908. The zero-order valence-corrected chi connectivity index (χ0v) is 39.7. The highest BCUT2D eigenvalue weighted by molar-refractivity contribution is 7.62. The van der Waals surface area contributed by atoms with E-state index in [4.69, 9.17) is 0 Å². The van der Waals surface area contributed by atoms with Gasteiger partial charge in [-0.05, 0) is 122 Å². The topological polar surface area (TPSA) is 388 Å². The minimum Gasteiger partial charge on any atom is -0.322 e. The quantitative estimate of drug-likeness (QED) is 0.0681. The molecule has 27 heteroatoms. The van der Waals surface area contributed by atoms with Crippen LogP contribution < -0.4 is 53.1 Å². The smallest absolute Gasteiger partial charge is 0.322 e. The molecular formula is C43H40N6O17P4. The monoisotopic (exact) mass is 1040 g/mol. The lowest BCUT2D eigenvalue weighted by Crippen LogP contribution is -2.22. The zero-order valence-electron chi connectivity index (χ0n) is 36.1. The first-order valence-corrected chi connectivity index (χ1v) is 26.3. The van der Waals surface area contributed by atoms with Crippen molar-refractivity contribution in [3.63, 3.8) is 0 Å². The van der Waals surface area contributed by atoms with Crippen molar-refractivity contribution in [1.29, 1.82) is 0 Å². The van der Waals surface area contributed by atoms with E-state index in [1.165, 1.54) is 84.9 Å². The van der Waals surface area contributed by atoms with Crippen LogP contribution in [-0.2, 0) is 18.3 Å². The number of urea groups is 1. The zero-order chi connectivity index (χ0) is 51.5. The second kappa shape index (κ2) is 20.6. The van der Waals surface area contributed by atoms with Crippen LogP contribution in [0.1, 0.15) is 52.6 Å². The number of benzene rings is 6. The van der Waals surface area contributed by atoms with Gasteiger partial charge in [0.1, 0.15) is 0 Å². The van der Waals surface area contributed by atoms with Crippen LogP contribution in [0.4, 0.5) is 38.9 Å². The first-order valence-electron chi connectivity index (χ1n) is 19.8. The van der Waals surface area contributed by atoms with E-state index in [9.17, 15) is 81.4 Å². The number of hydrogen-bond donors (Lipinski definition) is 14. The molecule has 0 atom stereocenters. The lowest BCUT2D eigenvalue weighted by Gasteiger charge is -2.15. The molecule has 0 heterocycles. The summed E-state index contributed by atoms with van der Waals surface area (Å²) in [7, 11) is -20.1. The highest BCUT2D eigenvalue weighted by atomic mass is 31.2. The minimum atomic E-state index is -5.13. The fourth-order valence-corrected chi connectivity index (χ4v) is 9.28. The van der Waals surface area contributed by atoms with Gasteiger partial charge < -0.3 is 71.0 Å². The molecule has 0 spiro atoms. The number of hydrogen-bond acceptors (Lipinski definition) is 9. The highest BCUT2D eigenvalue weighted by Crippen LogP contribution is 2.41. The molecule has 0 bridgehead atoms. The summed E-state index contributed by atoms with van der Waals surface area (Å²) in [6.07, 6.45) is 0. The van der Waals surface area contributed by atoms with Gasteiger partial charge in [0.2, 0.25) is 0 Å². The molecule has 23 nitrogen and oxygen atoms in total. The molecule has 70 heavy (non-hydrogen) atoms. The van der Waals surface area contributed by atoms with Crippen molar-refractivity contribution < 1.29 is 81.4 Å². The predicted molar refractivity (Wildman–Crippen MR) is 259 cm³/mol. The van der Waals surface area contributed by atoms with Crippen molar-refractivity contribution in [2.75, 3.05) is 31.9 Å². The van der Waals surface area contributed by atoms with Crippen LogP contribution >= 0.6 is 30.4 Å². The molecule has 0 saturated carbocycles. The Labute approximate surface area is 396 Å². The normalized spacial score (nSPS) is 11.8. The van der Waals surface area contributed by atoms with Gasteiger partial charge in [-0.1, -0.05) is 24.3 Å². The molecular weight excluding hydrogens is 996 g/mol. The van der Waals surface area contributed by atoms with E-state index in [1.807, 2.05) is 0 Å². The Kier molecular flexibility index (Phi) is 15.4. The molecule has 0 aromatic heterocycles. The number of anilines is 6. The average Bonchev–Trinajstić information content (AvgIpc) is 3.26. The fourth-order valence-electron chi connectivity index (χ4n) is 6.44. The number of carbonyl (C=O) groups excluding carboxylic acids is 5. The van der Waals surface area contributed by atoms with Crippen molar-refractivity contribution in [1.82, 2.24) is 0 Å². The lowest BCUT2D eigenvalue weighted by molar-refractivity contribution is 0.101. The largest absolute Gasteiger partial charge is 0.358 e. The molecule has 0 saturated heterocycles. The summed E-state index contributed by atoms with van der Waals surface area (Å²) in [6.45, 7) is 3.26. The molecule has 6 aromatic carbocycles. The molecule has 0 radical (unpaired) electrons. The van der Waals surface area contributed by atoms with Gasteiger partial charge in [-0.3, -0.25) is 37.4 Å². The van der Waals surface area contributed by atoms with Crippen LogP contribution in [-0.4, -0.2) is 68.8 Å². The van der Waals surface area contributed by atoms with E-state index in [1.54, 1.807) is 13.8 Å². The van der Waals surface area contributed by atoms with Crippen LogP contribution in [0.3, 0.4) is 0 Å². The highest BCUT2D eigenvalue weighted by Gasteiger charge is 2.29. The maximum atomic E-state index is 13.4. The van der Waals surface area contributed by atoms with Gasteiger partial charge in [-0.25, -0.2) is 4.79 Å². The molecule has 364 valence electrons. The van der Waals surface area contributed by atoms with E-state index >= 15 is 0 Å². The molecule has 0 fully saturated rings. The molecule has 0 aliphatic carbocycles. The molecule has 0 aliphatic rings. The Bertz CT molecular complexity index is 3110. The van der Waals surface area contributed by atoms with Crippen LogP contribution in [0, 0.1) is 13.8 Å².